The molecule has 2 aromatic heterocycles. The zero-order valence-corrected chi connectivity index (χ0v) is 15.8. The van der Waals surface area contributed by atoms with E-state index in [4.69, 9.17) is 16.6 Å². The zero-order valence-electron chi connectivity index (χ0n) is 14.3. The summed E-state index contributed by atoms with van der Waals surface area (Å²) in [5.41, 5.74) is 1.16. The molecule has 2 rings (SSSR count). The SMILES string of the molecule is CCNC(=NCC(C)Cc1cccs1)NCCc1ccc(Cl)nc1. The molecule has 130 valence electrons. The Morgan fingerprint density at radius 3 is 2.88 bits per heavy atom. The molecule has 0 saturated heterocycles. The Labute approximate surface area is 153 Å². The highest BCUT2D eigenvalue weighted by Crippen LogP contribution is 2.14. The van der Waals surface area contributed by atoms with E-state index in [2.05, 4.69) is 47.0 Å². The van der Waals surface area contributed by atoms with Crippen LogP contribution in [0.15, 0.2) is 40.8 Å². The van der Waals surface area contributed by atoms with Gasteiger partial charge in [-0.25, -0.2) is 4.98 Å². The third-order valence-electron chi connectivity index (χ3n) is 3.53. The van der Waals surface area contributed by atoms with Gasteiger partial charge < -0.3 is 10.6 Å². The molecule has 0 aliphatic rings. The lowest BCUT2D eigenvalue weighted by Gasteiger charge is -2.13. The zero-order chi connectivity index (χ0) is 17.2. The lowest BCUT2D eigenvalue weighted by molar-refractivity contribution is 0.595. The molecular weight excluding hydrogens is 340 g/mol. The van der Waals surface area contributed by atoms with Crippen LogP contribution in [0.4, 0.5) is 0 Å². The number of halogens is 1. The van der Waals surface area contributed by atoms with Crippen LogP contribution >= 0.6 is 22.9 Å². The van der Waals surface area contributed by atoms with Gasteiger partial charge in [0, 0.05) is 30.7 Å². The van der Waals surface area contributed by atoms with Crippen LogP contribution in [0.2, 0.25) is 5.15 Å². The van der Waals surface area contributed by atoms with Crippen molar-refractivity contribution in [1.29, 1.82) is 0 Å². The molecule has 0 spiro atoms. The number of rotatable bonds is 8. The molecule has 0 aliphatic heterocycles. The maximum atomic E-state index is 5.80. The van der Waals surface area contributed by atoms with Gasteiger partial charge in [-0.1, -0.05) is 30.7 Å². The average molecular weight is 365 g/mol. The number of thiophene rings is 1. The van der Waals surface area contributed by atoms with Crippen molar-refractivity contribution < 1.29 is 0 Å². The maximum absolute atomic E-state index is 5.80. The number of nitrogens with zero attached hydrogens (tertiary/aromatic N) is 2. The maximum Gasteiger partial charge on any atom is 0.191 e. The minimum Gasteiger partial charge on any atom is -0.357 e. The van der Waals surface area contributed by atoms with Crippen LogP contribution in [0, 0.1) is 5.92 Å². The van der Waals surface area contributed by atoms with E-state index in [0.717, 1.165) is 44.0 Å². The number of aliphatic imine (C=N–C) groups is 1. The van der Waals surface area contributed by atoms with Crippen LogP contribution in [-0.2, 0) is 12.8 Å². The van der Waals surface area contributed by atoms with Gasteiger partial charge in [-0.3, -0.25) is 4.99 Å². The molecule has 2 heterocycles. The van der Waals surface area contributed by atoms with E-state index in [1.54, 1.807) is 0 Å². The Morgan fingerprint density at radius 1 is 1.33 bits per heavy atom. The van der Waals surface area contributed by atoms with Crippen LogP contribution in [0.3, 0.4) is 0 Å². The summed E-state index contributed by atoms with van der Waals surface area (Å²) in [5.74, 6) is 1.40. The fourth-order valence-corrected chi connectivity index (χ4v) is 3.29. The molecule has 0 bridgehead atoms. The first-order chi connectivity index (χ1) is 11.7. The molecular formula is C18H25ClN4S. The molecule has 1 unspecified atom stereocenters. The normalized spacial score (nSPS) is 12.9. The minimum absolute atomic E-state index is 0.527. The van der Waals surface area contributed by atoms with Crippen molar-refractivity contribution in [2.75, 3.05) is 19.6 Å². The molecule has 0 fully saturated rings. The van der Waals surface area contributed by atoms with E-state index in [0.29, 0.717) is 11.1 Å². The molecule has 6 heteroatoms. The smallest absolute Gasteiger partial charge is 0.191 e. The molecule has 0 radical (unpaired) electrons. The minimum atomic E-state index is 0.527. The Bertz CT molecular complexity index is 610. The second-order valence-electron chi connectivity index (χ2n) is 5.77. The molecule has 2 N–H and O–H groups in total. The van der Waals surface area contributed by atoms with E-state index < -0.39 is 0 Å². The largest absolute Gasteiger partial charge is 0.357 e. The van der Waals surface area contributed by atoms with E-state index >= 15 is 0 Å². The highest BCUT2D eigenvalue weighted by atomic mass is 35.5. The summed E-state index contributed by atoms with van der Waals surface area (Å²) in [6.07, 6.45) is 3.79. The van der Waals surface area contributed by atoms with Crippen molar-refractivity contribution in [3.63, 3.8) is 0 Å². The van der Waals surface area contributed by atoms with Crippen LogP contribution in [0.25, 0.3) is 0 Å². The van der Waals surface area contributed by atoms with Gasteiger partial charge in [-0.2, -0.15) is 0 Å². The summed E-state index contributed by atoms with van der Waals surface area (Å²) in [4.78, 5) is 10.2. The topological polar surface area (TPSA) is 49.3 Å². The van der Waals surface area contributed by atoms with Gasteiger partial charge in [0.25, 0.3) is 0 Å². The number of aromatic nitrogens is 1. The van der Waals surface area contributed by atoms with Gasteiger partial charge in [0.2, 0.25) is 0 Å². The van der Waals surface area contributed by atoms with Gasteiger partial charge in [0.15, 0.2) is 5.96 Å². The first kappa shape index (κ1) is 18.7. The second kappa shape index (κ2) is 10.3. The summed E-state index contributed by atoms with van der Waals surface area (Å²) >= 11 is 7.62. The van der Waals surface area contributed by atoms with E-state index in [-0.39, 0.29) is 0 Å². The molecule has 1 atom stereocenters. The van der Waals surface area contributed by atoms with Crippen LogP contribution in [-0.4, -0.2) is 30.6 Å². The predicted octanol–water partition coefficient (Wildman–Crippen LogP) is 3.77. The highest BCUT2D eigenvalue weighted by Gasteiger charge is 2.05. The van der Waals surface area contributed by atoms with Gasteiger partial charge in [-0.05, 0) is 48.8 Å². The molecule has 4 nitrogen and oxygen atoms in total. The van der Waals surface area contributed by atoms with Crippen molar-refractivity contribution in [3.05, 3.63) is 51.4 Å². The van der Waals surface area contributed by atoms with E-state index in [1.807, 2.05) is 29.7 Å². The van der Waals surface area contributed by atoms with Crippen LogP contribution < -0.4 is 10.6 Å². The van der Waals surface area contributed by atoms with E-state index in [1.165, 1.54) is 4.88 Å². The number of hydrogen-bond acceptors (Lipinski definition) is 3. The molecule has 0 aliphatic carbocycles. The summed E-state index contributed by atoms with van der Waals surface area (Å²) < 4.78 is 0. The van der Waals surface area contributed by atoms with Gasteiger partial charge in [0.05, 0.1) is 0 Å². The van der Waals surface area contributed by atoms with Gasteiger partial charge >= 0.3 is 0 Å². The summed E-state index contributed by atoms with van der Waals surface area (Å²) in [6.45, 7) is 6.80. The third kappa shape index (κ3) is 6.89. The Balaban J connectivity index is 1.78. The molecule has 24 heavy (non-hydrogen) atoms. The molecule has 2 aromatic rings. The van der Waals surface area contributed by atoms with Crippen molar-refractivity contribution in [2.24, 2.45) is 10.9 Å². The van der Waals surface area contributed by atoms with Crippen molar-refractivity contribution in [3.8, 4) is 0 Å². The molecule has 0 aromatic carbocycles. The highest BCUT2D eigenvalue weighted by molar-refractivity contribution is 7.09. The van der Waals surface area contributed by atoms with Crippen LogP contribution in [0.5, 0.6) is 0 Å². The van der Waals surface area contributed by atoms with Gasteiger partial charge in [0.1, 0.15) is 5.15 Å². The number of guanidine groups is 1. The number of hydrogen-bond donors (Lipinski definition) is 2. The van der Waals surface area contributed by atoms with E-state index in [9.17, 15) is 0 Å². The summed E-state index contributed by atoms with van der Waals surface area (Å²) in [7, 11) is 0. The second-order valence-corrected chi connectivity index (χ2v) is 7.19. The lowest BCUT2D eigenvalue weighted by atomic mass is 10.1. The first-order valence-electron chi connectivity index (χ1n) is 8.32. The molecule has 0 saturated carbocycles. The summed E-state index contributed by atoms with van der Waals surface area (Å²) in [5, 5.41) is 9.33. The summed E-state index contributed by atoms with van der Waals surface area (Å²) in [6, 6.07) is 8.12. The Kier molecular flexibility index (Phi) is 8.05. The van der Waals surface area contributed by atoms with Gasteiger partial charge in [-0.15, -0.1) is 11.3 Å². The Morgan fingerprint density at radius 2 is 2.21 bits per heavy atom. The fraction of sp³-hybridized carbons (Fsp3) is 0.444. The van der Waals surface area contributed by atoms with Crippen molar-refractivity contribution in [2.45, 2.75) is 26.7 Å². The monoisotopic (exact) mass is 364 g/mol. The standard InChI is InChI=1S/C18H25ClN4S/c1-3-20-18(21-9-8-15-6-7-17(19)22-13-15)23-12-14(2)11-16-5-4-10-24-16/h4-7,10,13-14H,3,8-9,11-12H2,1-2H3,(H2,20,21,23). The predicted molar refractivity (Wildman–Crippen MR) is 104 cm³/mol. The average Bonchev–Trinajstić information content (AvgIpc) is 3.07. The van der Waals surface area contributed by atoms with Crippen molar-refractivity contribution >= 4 is 28.9 Å². The van der Waals surface area contributed by atoms with Crippen LogP contribution in [0.1, 0.15) is 24.3 Å². The van der Waals surface area contributed by atoms with Crippen molar-refractivity contribution in [1.82, 2.24) is 15.6 Å². The Hall–Kier alpha value is -1.59. The number of pyridine rings is 1. The third-order valence-corrected chi connectivity index (χ3v) is 4.65. The number of nitrogens with one attached hydrogen (secondary N) is 2. The fourth-order valence-electron chi connectivity index (χ4n) is 2.31. The lowest BCUT2D eigenvalue weighted by Crippen LogP contribution is -2.38. The first-order valence-corrected chi connectivity index (χ1v) is 9.58. The molecule has 0 amide bonds. The quantitative estimate of drug-likeness (QED) is 0.426.